The van der Waals surface area contributed by atoms with Crippen molar-refractivity contribution in [1.82, 2.24) is 10.2 Å². The molecule has 1 aromatic heterocycles. The summed E-state index contributed by atoms with van der Waals surface area (Å²) in [6.07, 6.45) is 0.879. The summed E-state index contributed by atoms with van der Waals surface area (Å²) in [7, 11) is 0. The van der Waals surface area contributed by atoms with Crippen LogP contribution in [0.2, 0.25) is 0 Å². The summed E-state index contributed by atoms with van der Waals surface area (Å²) < 4.78 is 11.0. The van der Waals surface area contributed by atoms with Crippen molar-refractivity contribution in [3.8, 4) is 5.75 Å². The molecule has 0 radical (unpaired) electrons. The number of ether oxygens (including phenoxy) is 1. The third-order valence-electron chi connectivity index (χ3n) is 4.15. The van der Waals surface area contributed by atoms with Crippen molar-refractivity contribution < 1.29 is 18.9 Å². The maximum atomic E-state index is 12.1. The monoisotopic (exact) mass is 375 g/mol. The predicted molar refractivity (Wildman–Crippen MR) is 101 cm³/mol. The third-order valence-corrected chi connectivity index (χ3v) is 4.15. The first kappa shape index (κ1) is 20.4. The van der Waals surface area contributed by atoms with Gasteiger partial charge in [0.25, 0.3) is 11.6 Å². The molecule has 0 aliphatic heterocycles. The van der Waals surface area contributed by atoms with Crippen LogP contribution in [0.1, 0.15) is 36.6 Å². The van der Waals surface area contributed by atoms with Crippen molar-refractivity contribution in [3.05, 3.63) is 58.0 Å². The summed E-state index contributed by atoms with van der Waals surface area (Å²) in [6, 6.07) is 9.06. The highest BCUT2D eigenvalue weighted by Gasteiger charge is 2.11. The van der Waals surface area contributed by atoms with Crippen molar-refractivity contribution in [2.75, 3.05) is 26.2 Å². The number of hydrogen-bond donors (Lipinski definition) is 1. The predicted octanol–water partition coefficient (Wildman–Crippen LogP) is 3.23. The highest BCUT2D eigenvalue weighted by atomic mass is 16.6. The van der Waals surface area contributed by atoms with Crippen LogP contribution >= 0.6 is 0 Å². The van der Waals surface area contributed by atoms with Gasteiger partial charge in [0.2, 0.25) is 0 Å². The van der Waals surface area contributed by atoms with Gasteiger partial charge in [0, 0.05) is 18.7 Å². The smallest absolute Gasteiger partial charge is 0.286 e. The maximum absolute atomic E-state index is 12.1. The summed E-state index contributed by atoms with van der Waals surface area (Å²) in [6.45, 7) is 7.90. The summed E-state index contributed by atoms with van der Waals surface area (Å²) in [5, 5.41) is 13.5. The van der Waals surface area contributed by atoms with E-state index in [2.05, 4.69) is 24.1 Å². The molecule has 0 bridgehead atoms. The molecule has 1 N–H and O–H groups in total. The van der Waals surface area contributed by atoms with Crippen LogP contribution in [-0.4, -0.2) is 41.9 Å². The van der Waals surface area contributed by atoms with Crippen LogP contribution in [0.3, 0.4) is 0 Å². The quantitative estimate of drug-likeness (QED) is 0.368. The lowest BCUT2D eigenvalue weighted by molar-refractivity contribution is -0.384. The topological polar surface area (TPSA) is 97.9 Å². The number of nitro groups is 1. The Morgan fingerprint density at radius 3 is 2.52 bits per heavy atom. The number of nitrogens with zero attached hydrogens (tertiary/aromatic N) is 2. The van der Waals surface area contributed by atoms with Gasteiger partial charge in [-0.3, -0.25) is 14.9 Å². The largest absolute Gasteiger partial charge is 0.486 e. The van der Waals surface area contributed by atoms with Crippen LogP contribution in [0.4, 0.5) is 5.69 Å². The number of furan rings is 1. The Morgan fingerprint density at radius 1 is 1.19 bits per heavy atom. The zero-order valence-corrected chi connectivity index (χ0v) is 15.6. The minimum Gasteiger partial charge on any atom is -0.486 e. The minimum absolute atomic E-state index is 0.000278. The van der Waals surface area contributed by atoms with Gasteiger partial charge in [0.05, 0.1) is 4.92 Å². The SMILES string of the molecule is CCN(CC)CCCNC(=O)c1ccc(COc2ccc([N+](=O)[O-])cc2)o1. The number of rotatable bonds is 11. The van der Waals surface area contributed by atoms with Gasteiger partial charge < -0.3 is 19.4 Å². The minimum atomic E-state index is -0.469. The molecule has 0 fully saturated rings. The molecule has 0 saturated carbocycles. The first-order chi connectivity index (χ1) is 13.0. The molecule has 0 unspecified atom stereocenters. The standard InChI is InChI=1S/C19H25N3O5/c1-3-21(4-2)13-5-12-20-19(23)18-11-10-17(27-18)14-26-16-8-6-15(7-9-16)22(24)25/h6-11H,3-5,12-14H2,1-2H3,(H,20,23). The van der Waals surface area contributed by atoms with Crippen LogP contribution in [0.25, 0.3) is 0 Å². The number of nitrogens with one attached hydrogen (secondary N) is 1. The van der Waals surface area contributed by atoms with E-state index < -0.39 is 4.92 Å². The van der Waals surface area contributed by atoms with E-state index in [-0.39, 0.29) is 24.0 Å². The average Bonchev–Trinajstić information content (AvgIpc) is 3.16. The van der Waals surface area contributed by atoms with E-state index in [1.54, 1.807) is 12.1 Å². The fourth-order valence-corrected chi connectivity index (χ4v) is 2.53. The Bertz CT molecular complexity index is 738. The Balaban J connectivity index is 1.76. The molecule has 8 nitrogen and oxygen atoms in total. The number of carbonyl (C=O) groups is 1. The highest BCUT2D eigenvalue weighted by Crippen LogP contribution is 2.19. The van der Waals surface area contributed by atoms with Gasteiger partial charge in [-0.25, -0.2) is 0 Å². The van der Waals surface area contributed by atoms with Crippen LogP contribution < -0.4 is 10.1 Å². The fraction of sp³-hybridized carbons (Fsp3) is 0.421. The van der Waals surface area contributed by atoms with Gasteiger partial charge in [-0.05, 0) is 50.3 Å². The van der Waals surface area contributed by atoms with Crippen molar-refractivity contribution in [2.24, 2.45) is 0 Å². The molecule has 0 atom stereocenters. The summed E-state index contributed by atoms with van der Waals surface area (Å²) in [4.78, 5) is 24.5. The fourth-order valence-electron chi connectivity index (χ4n) is 2.53. The summed E-state index contributed by atoms with van der Waals surface area (Å²) >= 11 is 0. The van der Waals surface area contributed by atoms with Crippen LogP contribution in [-0.2, 0) is 6.61 Å². The molecular formula is C19H25N3O5. The number of carbonyl (C=O) groups excluding carboxylic acids is 1. The first-order valence-electron chi connectivity index (χ1n) is 9.00. The molecule has 1 heterocycles. The molecule has 2 aromatic rings. The number of benzene rings is 1. The van der Waals surface area contributed by atoms with Gasteiger partial charge in [0.1, 0.15) is 18.1 Å². The Labute approximate surface area is 158 Å². The lowest BCUT2D eigenvalue weighted by atomic mass is 10.3. The summed E-state index contributed by atoms with van der Waals surface area (Å²) in [5.74, 6) is 0.970. The average molecular weight is 375 g/mol. The molecule has 0 spiro atoms. The second-order valence-corrected chi connectivity index (χ2v) is 5.94. The Kier molecular flexibility index (Phi) is 7.81. The van der Waals surface area contributed by atoms with E-state index in [9.17, 15) is 14.9 Å². The van der Waals surface area contributed by atoms with Gasteiger partial charge in [0.15, 0.2) is 5.76 Å². The number of non-ortho nitro benzene ring substituents is 1. The van der Waals surface area contributed by atoms with Gasteiger partial charge in [-0.1, -0.05) is 13.8 Å². The van der Waals surface area contributed by atoms with Crippen molar-refractivity contribution in [3.63, 3.8) is 0 Å². The van der Waals surface area contributed by atoms with Crippen LogP contribution in [0, 0.1) is 10.1 Å². The molecule has 2 rings (SSSR count). The maximum Gasteiger partial charge on any atom is 0.286 e. The zero-order valence-electron chi connectivity index (χ0n) is 15.6. The molecular weight excluding hydrogens is 350 g/mol. The molecule has 0 aliphatic carbocycles. The van der Waals surface area contributed by atoms with E-state index in [1.807, 2.05) is 0 Å². The van der Waals surface area contributed by atoms with E-state index in [4.69, 9.17) is 9.15 Å². The van der Waals surface area contributed by atoms with E-state index >= 15 is 0 Å². The zero-order chi connectivity index (χ0) is 19.6. The Hall–Kier alpha value is -2.87. The lowest BCUT2D eigenvalue weighted by Crippen LogP contribution is -2.29. The van der Waals surface area contributed by atoms with E-state index in [0.717, 1.165) is 26.1 Å². The van der Waals surface area contributed by atoms with Crippen LogP contribution in [0.5, 0.6) is 5.75 Å². The second-order valence-electron chi connectivity index (χ2n) is 5.94. The second kappa shape index (κ2) is 10.3. The van der Waals surface area contributed by atoms with Crippen molar-refractivity contribution in [1.29, 1.82) is 0 Å². The molecule has 1 amide bonds. The first-order valence-corrected chi connectivity index (χ1v) is 9.00. The number of amides is 1. The van der Waals surface area contributed by atoms with Gasteiger partial charge >= 0.3 is 0 Å². The molecule has 8 heteroatoms. The highest BCUT2D eigenvalue weighted by molar-refractivity contribution is 5.91. The van der Waals surface area contributed by atoms with Crippen LogP contribution in [0.15, 0.2) is 40.8 Å². The van der Waals surface area contributed by atoms with Gasteiger partial charge in [-0.15, -0.1) is 0 Å². The van der Waals surface area contributed by atoms with Gasteiger partial charge in [-0.2, -0.15) is 0 Å². The molecule has 146 valence electrons. The lowest BCUT2D eigenvalue weighted by Gasteiger charge is -2.17. The van der Waals surface area contributed by atoms with E-state index in [0.29, 0.717) is 18.1 Å². The van der Waals surface area contributed by atoms with E-state index in [1.165, 1.54) is 24.3 Å². The molecule has 27 heavy (non-hydrogen) atoms. The Morgan fingerprint density at radius 2 is 1.89 bits per heavy atom. The normalized spacial score (nSPS) is 10.8. The summed E-state index contributed by atoms with van der Waals surface area (Å²) in [5.41, 5.74) is 0.000278. The molecule has 0 aliphatic rings. The molecule has 0 saturated heterocycles. The number of nitro benzene ring substituents is 1. The molecule has 1 aromatic carbocycles. The van der Waals surface area contributed by atoms with Crippen molar-refractivity contribution in [2.45, 2.75) is 26.9 Å². The third kappa shape index (κ3) is 6.41. The number of hydrogen-bond acceptors (Lipinski definition) is 6. The van der Waals surface area contributed by atoms with Crippen molar-refractivity contribution >= 4 is 11.6 Å².